The third kappa shape index (κ3) is 4.31. The van der Waals surface area contributed by atoms with Crippen molar-refractivity contribution < 1.29 is 14.2 Å². The number of benzene rings is 2. The first-order chi connectivity index (χ1) is 10.9. The molecule has 0 saturated carbocycles. The largest absolute Gasteiger partial charge is 0.492 e. The Bertz CT molecular complexity index is 539. The van der Waals surface area contributed by atoms with Crippen molar-refractivity contribution in [3.05, 3.63) is 66.2 Å². The van der Waals surface area contributed by atoms with Gasteiger partial charge < -0.3 is 14.2 Å². The van der Waals surface area contributed by atoms with Gasteiger partial charge in [0.05, 0.1) is 13.2 Å². The van der Waals surface area contributed by atoms with E-state index in [9.17, 15) is 0 Å². The molecule has 22 heavy (non-hydrogen) atoms. The minimum atomic E-state index is -0.0701. The van der Waals surface area contributed by atoms with E-state index in [-0.39, 0.29) is 12.3 Å². The van der Waals surface area contributed by atoms with Crippen LogP contribution in [0.15, 0.2) is 60.7 Å². The van der Waals surface area contributed by atoms with E-state index >= 15 is 0 Å². The van der Waals surface area contributed by atoms with Crippen molar-refractivity contribution >= 4 is 0 Å². The standard InChI is InChI=1S/C18H21NO3/c1-3-7-15(8-4-1)17-13-22-18(14-21-17)19-11-12-20-16-9-5-2-6-10-16/h1-10,17-19H,11-14H2/t17-,18+/m0/s1. The van der Waals surface area contributed by atoms with Crippen molar-refractivity contribution in [2.45, 2.75) is 12.3 Å². The summed E-state index contributed by atoms with van der Waals surface area (Å²) in [5.74, 6) is 0.884. The number of rotatable bonds is 6. The van der Waals surface area contributed by atoms with Gasteiger partial charge in [-0.2, -0.15) is 0 Å². The van der Waals surface area contributed by atoms with Crippen LogP contribution in [0.25, 0.3) is 0 Å². The Morgan fingerprint density at radius 1 is 0.909 bits per heavy atom. The van der Waals surface area contributed by atoms with Crippen LogP contribution >= 0.6 is 0 Å². The second-order valence-corrected chi connectivity index (χ2v) is 5.17. The first kappa shape index (κ1) is 15.0. The minimum absolute atomic E-state index is 0.0276. The molecule has 2 atom stereocenters. The molecule has 4 nitrogen and oxygen atoms in total. The summed E-state index contributed by atoms with van der Waals surface area (Å²) in [5, 5.41) is 3.29. The van der Waals surface area contributed by atoms with Crippen LogP contribution in [0.3, 0.4) is 0 Å². The molecule has 0 aliphatic carbocycles. The van der Waals surface area contributed by atoms with Gasteiger partial charge in [0.2, 0.25) is 0 Å². The number of ether oxygens (including phenoxy) is 3. The monoisotopic (exact) mass is 299 g/mol. The van der Waals surface area contributed by atoms with Crippen molar-refractivity contribution in [3.63, 3.8) is 0 Å². The Labute approximate surface area is 131 Å². The summed E-state index contributed by atoms with van der Waals surface area (Å²) in [4.78, 5) is 0. The highest BCUT2D eigenvalue weighted by atomic mass is 16.6. The van der Waals surface area contributed by atoms with Crippen molar-refractivity contribution in [1.82, 2.24) is 5.32 Å². The van der Waals surface area contributed by atoms with E-state index in [1.165, 1.54) is 0 Å². The van der Waals surface area contributed by atoms with Crippen LogP contribution in [0.1, 0.15) is 11.7 Å². The van der Waals surface area contributed by atoms with E-state index in [2.05, 4.69) is 17.4 Å². The first-order valence-corrected chi connectivity index (χ1v) is 7.61. The Balaban J connectivity index is 1.34. The van der Waals surface area contributed by atoms with E-state index in [1.54, 1.807) is 0 Å². The molecule has 1 saturated heterocycles. The summed E-state index contributed by atoms with van der Waals surface area (Å²) >= 11 is 0. The zero-order valence-electron chi connectivity index (χ0n) is 12.5. The Morgan fingerprint density at radius 3 is 2.32 bits per heavy atom. The van der Waals surface area contributed by atoms with Gasteiger partial charge in [-0.1, -0.05) is 48.5 Å². The van der Waals surface area contributed by atoms with Crippen molar-refractivity contribution in [3.8, 4) is 5.75 Å². The van der Waals surface area contributed by atoms with Gasteiger partial charge in [-0.15, -0.1) is 0 Å². The number of hydrogen-bond donors (Lipinski definition) is 1. The maximum atomic E-state index is 5.86. The normalized spacial score (nSPS) is 21.5. The molecule has 4 heteroatoms. The number of nitrogens with one attached hydrogen (secondary N) is 1. The molecule has 1 aliphatic rings. The Hall–Kier alpha value is -1.88. The molecular weight excluding hydrogens is 278 g/mol. The van der Waals surface area contributed by atoms with Gasteiger partial charge in [0, 0.05) is 6.54 Å². The topological polar surface area (TPSA) is 39.7 Å². The lowest BCUT2D eigenvalue weighted by Gasteiger charge is -2.30. The average Bonchev–Trinajstić information content (AvgIpc) is 2.61. The summed E-state index contributed by atoms with van der Waals surface area (Å²) < 4.78 is 17.3. The molecule has 0 unspecified atom stereocenters. The molecule has 3 rings (SSSR count). The molecule has 1 heterocycles. The van der Waals surface area contributed by atoms with Crippen molar-refractivity contribution in [1.29, 1.82) is 0 Å². The number of para-hydroxylation sites is 1. The fourth-order valence-electron chi connectivity index (χ4n) is 2.39. The van der Waals surface area contributed by atoms with Crippen LogP contribution in [0.4, 0.5) is 0 Å². The maximum Gasteiger partial charge on any atom is 0.132 e. The highest BCUT2D eigenvalue weighted by Gasteiger charge is 2.22. The van der Waals surface area contributed by atoms with Gasteiger partial charge in [-0.3, -0.25) is 5.32 Å². The second kappa shape index (κ2) is 7.94. The summed E-state index contributed by atoms with van der Waals surface area (Å²) in [5.41, 5.74) is 1.16. The average molecular weight is 299 g/mol. The summed E-state index contributed by atoms with van der Waals surface area (Å²) in [6, 6.07) is 20.0. The molecular formula is C18H21NO3. The SMILES string of the molecule is c1ccc(OCCN[C@H]2CO[C@H](c3ccccc3)CO2)cc1. The van der Waals surface area contributed by atoms with E-state index in [0.717, 1.165) is 17.9 Å². The quantitative estimate of drug-likeness (QED) is 0.833. The van der Waals surface area contributed by atoms with Gasteiger partial charge in [0.1, 0.15) is 24.7 Å². The van der Waals surface area contributed by atoms with Crippen molar-refractivity contribution in [2.24, 2.45) is 0 Å². The zero-order valence-corrected chi connectivity index (χ0v) is 12.5. The van der Waals surface area contributed by atoms with Gasteiger partial charge in [-0.05, 0) is 17.7 Å². The summed E-state index contributed by atoms with van der Waals surface area (Å²) in [7, 11) is 0. The molecule has 0 bridgehead atoms. The molecule has 2 aromatic rings. The highest BCUT2D eigenvalue weighted by molar-refractivity contribution is 5.20. The smallest absolute Gasteiger partial charge is 0.132 e. The van der Waals surface area contributed by atoms with E-state index in [0.29, 0.717) is 19.8 Å². The molecule has 0 spiro atoms. The molecule has 1 fully saturated rings. The molecule has 116 valence electrons. The van der Waals surface area contributed by atoms with E-state index < -0.39 is 0 Å². The molecule has 1 N–H and O–H groups in total. The van der Waals surface area contributed by atoms with Gasteiger partial charge in [0.25, 0.3) is 0 Å². The maximum absolute atomic E-state index is 5.86. The van der Waals surface area contributed by atoms with Crippen LogP contribution in [-0.2, 0) is 9.47 Å². The molecule has 1 aliphatic heterocycles. The van der Waals surface area contributed by atoms with Gasteiger partial charge in [0.15, 0.2) is 0 Å². The molecule has 0 aromatic heterocycles. The van der Waals surface area contributed by atoms with E-state index in [1.807, 2.05) is 48.5 Å². The summed E-state index contributed by atoms with van der Waals surface area (Å²) in [6.07, 6.45) is -0.0424. The lowest BCUT2D eigenvalue weighted by molar-refractivity contribution is -0.145. The Kier molecular flexibility index (Phi) is 5.42. The predicted molar refractivity (Wildman–Crippen MR) is 84.8 cm³/mol. The van der Waals surface area contributed by atoms with Crippen LogP contribution < -0.4 is 10.1 Å². The number of hydrogen-bond acceptors (Lipinski definition) is 4. The lowest BCUT2D eigenvalue weighted by Crippen LogP contribution is -2.43. The summed E-state index contributed by atoms with van der Waals surface area (Å²) in [6.45, 7) is 2.44. The first-order valence-electron chi connectivity index (χ1n) is 7.61. The van der Waals surface area contributed by atoms with Crippen LogP contribution in [0.5, 0.6) is 5.75 Å². The third-order valence-corrected chi connectivity index (χ3v) is 3.55. The zero-order chi connectivity index (χ0) is 15.0. The van der Waals surface area contributed by atoms with Gasteiger partial charge >= 0.3 is 0 Å². The second-order valence-electron chi connectivity index (χ2n) is 5.17. The molecule has 2 aromatic carbocycles. The molecule has 0 amide bonds. The predicted octanol–water partition coefficient (Wildman–Crippen LogP) is 2.77. The highest BCUT2D eigenvalue weighted by Crippen LogP contribution is 2.21. The van der Waals surface area contributed by atoms with Crippen LogP contribution in [0.2, 0.25) is 0 Å². The fraction of sp³-hybridized carbons (Fsp3) is 0.333. The third-order valence-electron chi connectivity index (χ3n) is 3.55. The minimum Gasteiger partial charge on any atom is -0.492 e. The Morgan fingerprint density at radius 2 is 1.64 bits per heavy atom. The molecule has 0 radical (unpaired) electrons. The van der Waals surface area contributed by atoms with Crippen LogP contribution in [-0.4, -0.2) is 32.6 Å². The van der Waals surface area contributed by atoms with Crippen LogP contribution in [0, 0.1) is 0 Å². The van der Waals surface area contributed by atoms with Gasteiger partial charge in [-0.25, -0.2) is 0 Å². The van der Waals surface area contributed by atoms with E-state index in [4.69, 9.17) is 14.2 Å². The lowest BCUT2D eigenvalue weighted by atomic mass is 10.1. The fourth-order valence-corrected chi connectivity index (χ4v) is 2.39. The van der Waals surface area contributed by atoms with Crippen molar-refractivity contribution in [2.75, 3.05) is 26.4 Å².